The zero-order chi connectivity index (χ0) is 24.6. The fraction of sp³-hybridized carbons (Fsp3) is 0.630. The van der Waals surface area contributed by atoms with Gasteiger partial charge in [-0.15, -0.1) is 0 Å². The van der Waals surface area contributed by atoms with E-state index in [9.17, 15) is 19.2 Å². The smallest absolute Gasteiger partial charge is 0.331 e. The van der Waals surface area contributed by atoms with Gasteiger partial charge in [-0.2, -0.15) is 0 Å². The van der Waals surface area contributed by atoms with Crippen LogP contribution in [0.15, 0.2) is 34.7 Å². The van der Waals surface area contributed by atoms with Crippen LogP contribution in [0.25, 0.3) is 0 Å². The molecule has 2 heterocycles. The number of ketones is 2. The van der Waals surface area contributed by atoms with E-state index in [1.54, 1.807) is 18.6 Å². The predicted octanol–water partition coefficient (Wildman–Crippen LogP) is 4.22. The van der Waals surface area contributed by atoms with Gasteiger partial charge < -0.3 is 13.9 Å². The minimum absolute atomic E-state index is 0.0173. The largest absolute Gasteiger partial charge is 0.472 e. The molecule has 0 amide bonds. The summed E-state index contributed by atoms with van der Waals surface area (Å²) in [6.45, 7) is 7.77. The maximum Gasteiger partial charge on any atom is 0.331 e. The van der Waals surface area contributed by atoms with Crippen LogP contribution in [0.5, 0.6) is 0 Å². The number of ether oxygens (including phenoxy) is 2. The lowest BCUT2D eigenvalue weighted by atomic mass is 9.39. The third-order valence-electron chi connectivity index (χ3n) is 9.70. The summed E-state index contributed by atoms with van der Waals surface area (Å²) >= 11 is 0. The van der Waals surface area contributed by atoms with Gasteiger partial charge in [-0.3, -0.25) is 14.4 Å². The minimum atomic E-state index is -0.867. The van der Waals surface area contributed by atoms with Crippen molar-refractivity contribution in [2.75, 3.05) is 7.11 Å². The Morgan fingerprint density at radius 1 is 1.15 bits per heavy atom. The van der Waals surface area contributed by atoms with E-state index < -0.39 is 46.1 Å². The van der Waals surface area contributed by atoms with Crippen molar-refractivity contribution in [3.05, 3.63) is 35.8 Å². The molecule has 0 unspecified atom stereocenters. The van der Waals surface area contributed by atoms with Crippen LogP contribution in [0.4, 0.5) is 0 Å². The van der Waals surface area contributed by atoms with Gasteiger partial charge in [-0.25, -0.2) is 4.79 Å². The summed E-state index contributed by atoms with van der Waals surface area (Å²) in [4.78, 5) is 52.6. The van der Waals surface area contributed by atoms with Crippen LogP contribution >= 0.6 is 0 Å². The first kappa shape index (κ1) is 23.1. The average Bonchev–Trinajstić information content (AvgIpc) is 3.32. The number of Topliss-reactive ketones (excluding diaryl/α,β-unsaturated/α-hetero) is 2. The van der Waals surface area contributed by atoms with Crippen molar-refractivity contribution in [1.82, 2.24) is 0 Å². The van der Waals surface area contributed by atoms with E-state index in [-0.39, 0.29) is 29.8 Å². The van der Waals surface area contributed by atoms with Crippen molar-refractivity contribution >= 4 is 23.5 Å². The van der Waals surface area contributed by atoms with Gasteiger partial charge in [0.1, 0.15) is 17.7 Å². The minimum Gasteiger partial charge on any atom is -0.472 e. The molecule has 1 aromatic heterocycles. The van der Waals surface area contributed by atoms with Crippen LogP contribution in [0, 0.1) is 39.9 Å². The summed E-state index contributed by atoms with van der Waals surface area (Å²) in [5.41, 5.74) is -0.390. The van der Waals surface area contributed by atoms with E-state index in [0.717, 1.165) is 24.0 Å². The Labute approximate surface area is 199 Å². The number of methoxy groups -OCH3 is 1. The molecule has 3 aliphatic carbocycles. The second kappa shape index (κ2) is 7.40. The van der Waals surface area contributed by atoms with Crippen molar-refractivity contribution in [3.8, 4) is 0 Å². The summed E-state index contributed by atoms with van der Waals surface area (Å²) in [5, 5.41) is 0. The Hall–Kier alpha value is -2.70. The molecule has 7 heteroatoms. The first-order valence-electron chi connectivity index (χ1n) is 12.1. The zero-order valence-corrected chi connectivity index (χ0v) is 20.4. The first-order chi connectivity index (χ1) is 16.0. The molecule has 4 aliphatic rings. The molecule has 0 saturated heterocycles. The van der Waals surface area contributed by atoms with Crippen LogP contribution in [0.3, 0.4) is 0 Å². The fourth-order valence-electron chi connectivity index (χ4n) is 7.93. The summed E-state index contributed by atoms with van der Waals surface area (Å²) in [6, 6.07) is 1.82. The Balaban J connectivity index is 1.62. The van der Waals surface area contributed by atoms with Gasteiger partial charge in [0, 0.05) is 27.9 Å². The lowest BCUT2D eigenvalue weighted by Gasteiger charge is -2.63. The van der Waals surface area contributed by atoms with Crippen LogP contribution < -0.4 is 0 Å². The molecule has 3 fully saturated rings. The highest BCUT2D eigenvalue weighted by molar-refractivity contribution is 6.11. The quantitative estimate of drug-likeness (QED) is 0.484. The number of hydrogen-bond acceptors (Lipinski definition) is 7. The molecule has 5 rings (SSSR count). The molecule has 0 aromatic carbocycles. The molecule has 7 nitrogen and oxygen atoms in total. The predicted molar refractivity (Wildman–Crippen MR) is 120 cm³/mol. The zero-order valence-electron chi connectivity index (χ0n) is 20.4. The number of carbonyl (C=O) groups excluding carboxylic acids is 4. The highest BCUT2D eigenvalue weighted by Crippen LogP contribution is 2.68. The van der Waals surface area contributed by atoms with Crippen LogP contribution in [-0.4, -0.2) is 30.6 Å². The summed E-state index contributed by atoms with van der Waals surface area (Å²) in [6.07, 6.45) is 6.16. The molecule has 0 N–H and O–H groups in total. The van der Waals surface area contributed by atoms with E-state index in [4.69, 9.17) is 13.9 Å². The van der Waals surface area contributed by atoms with E-state index in [0.29, 0.717) is 6.42 Å². The van der Waals surface area contributed by atoms with Crippen molar-refractivity contribution in [2.45, 2.75) is 59.5 Å². The number of esters is 2. The fourth-order valence-corrected chi connectivity index (χ4v) is 7.93. The number of hydrogen-bond donors (Lipinski definition) is 0. The van der Waals surface area contributed by atoms with Crippen LogP contribution in [0.2, 0.25) is 0 Å². The number of cyclic esters (lactones) is 1. The van der Waals surface area contributed by atoms with Crippen molar-refractivity contribution in [2.24, 2.45) is 39.9 Å². The van der Waals surface area contributed by atoms with Crippen molar-refractivity contribution in [1.29, 1.82) is 0 Å². The lowest BCUT2D eigenvalue weighted by Crippen LogP contribution is -2.66. The normalized spacial score (nSPS) is 40.6. The van der Waals surface area contributed by atoms with E-state index >= 15 is 0 Å². The Kier molecular flexibility index (Phi) is 5.02. The summed E-state index contributed by atoms with van der Waals surface area (Å²) in [7, 11) is 1.33. The summed E-state index contributed by atoms with van der Waals surface area (Å²) in [5.74, 6) is -2.39. The van der Waals surface area contributed by atoms with Gasteiger partial charge in [0.05, 0.1) is 32.0 Å². The van der Waals surface area contributed by atoms with E-state index in [1.807, 2.05) is 26.8 Å². The number of furan rings is 1. The standard InChI is InChI=1S/C27H32O7/c1-25(2)19(12-20(28)32-5)27(4)17-6-8-26(3)18(15(17)10-16(22(25)30)23(27)31)11-21(29)34-24(26)14-7-9-33-13-14/h7,9,11,13,15-17,19,24H,6,8,10,12H2,1-5H3/t15-,16+,17+,19+,24+,26-,27-/m1/s1. The molecule has 1 aromatic rings. The SMILES string of the molecule is COC(=O)C[C@H]1C(C)(C)C(=O)[C@@H]2C[C@H]3C4=CC(=O)O[C@@H](c5ccoc5)[C@]4(C)CC[C@@H]3[C@@]1(C)C2=O. The molecule has 2 bridgehead atoms. The molecular formula is C27H32O7. The van der Waals surface area contributed by atoms with Crippen molar-refractivity contribution in [3.63, 3.8) is 0 Å². The molecular weight excluding hydrogens is 436 g/mol. The Bertz CT molecular complexity index is 1100. The highest BCUT2D eigenvalue weighted by Gasteiger charge is 2.69. The maximum absolute atomic E-state index is 13.8. The monoisotopic (exact) mass is 468 g/mol. The second-order valence-corrected chi connectivity index (χ2v) is 11.5. The van der Waals surface area contributed by atoms with Gasteiger partial charge in [0.15, 0.2) is 0 Å². The van der Waals surface area contributed by atoms with Gasteiger partial charge in [0.25, 0.3) is 0 Å². The van der Waals surface area contributed by atoms with E-state index in [2.05, 4.69) is 6.92 Å². The molecule has 34 heavy (non-hydrogen) atoms. The molecule has 1 aliphatic heterocycles. The summed E-state index contributed by atoms with van der Waals surface area (Å²) < 4.78 is 16.0. The molecule has 0 spiro atoms. The third kappa shape index (κ3) is 2.88. The Morgan fingerprint density at radius 3 is 2.53 bits per heavy atom. The lowest BCUT2D eigenvalue weighted by molar-refractivity contribution is -0.182. The molecule has 3 saturated carbocycles. The third-order valence-corrected chi connectivity index (χ3v) is 9.70. The maximum atomic E-state index is 13.8. The molecule has 0 radical (unpaired) electrons. The number of carbonyl (C=O) groups is 4. The van der Waals surface area contributed by atoms with Gasteiger partial charge >= 0.3 is 11.9 Å². The molecule has 7 atom stereocenters. The molecule has 182 valence electrons. The highest BCUT2D eigenvalue weighted by atomic mass is 16.5. The van der Waals surface area contributed by atoms with Gasteiger partial charge in [0.2, 0.25) is 0 Å². The van der Waals surface area contributed by atoms with Gasteiger partial charge in [-0.1, -0.05) is 27.7 Å². The number of rotatable bonds is 3. The topological polar surface area (TPSA) is 99.9 Å². The second-order valence-electron chi connectivity index (χ2n) is 11.5. The van der Waals surface area contributed by atoms with Gasteiger partial charge in [-0.05, 0) is 48.7 Å². The van der Waals surface area contributed by atoms with E-state index in [1.165, 1.54) is 7.11 Å². The van der Waals surface area contributed by atoms with Crippen LogP contribution in [0.1, 0.15) is 65.0 Å². The van der Waals surface area contributed by atoms with Crippen LogP contribution in [-0.2, 0) is 28.7 Å². The number of fused-ring (bicyclic) bond motifs is 6. The van der Waals surface area contributed by atoms with Crippen molar-refractivity contribution < 1.29 is 33.1 Å². The first-order valence-corrected chi connectivity index (χ1v) is 12.1. The average molecular weight is 469 g/mol. The Morgan fingerprint density at radius 2 is 1.88 bits per heavy atom.